The van der Waals surface area contributed by atoms with Gasteiger partial charge in [-0.05, 0) is 31.0 Å². The van der Waals surface area contributed by atoms with Crippen molar-refractivity contribution in [1.29, 1.82) is 0 Å². The SMILES string of the molecule is NCC1CCCN1C(=O)c1ccc2nc[nH]c2c1. The number of nitrogens with zero attached hydrogens (tertiary/aromatic N) is 2. The number of imidazole rings is 1. The number of nitrogens with two attached hydrogens (primary N) is 1. The summed E-state index contributed by atoms with van der Waals surface area (Å²) >= 11 is 0. The van der Waals surface area contributed by atoms with Crippen LogP contribution in [0, 0.1) is 0 Å². The highest BCUT2D eigenvalue weighted by Gasteiger charge is 2.28. The number of aromatic amines is 1. The van der Waals surface area contributed by atoms with Gasteiger partial charge in [0.2, 0.25) is 0 Å². The van der Waals surface area contributed by atoms with Gasteiger partial charge in [-0.25, -0.2) is 4.98 Å². The molecule has 2 aromatic rings. The minimum Gasteiger partial charge on any atom is -0.345 e. The monoisotopic (exact) mass is 244 g/mol. The molecule has 0 saturated carbocycles. The molecule has 1 saturated heterocycles. The van der Waals surface area contributed by atoms with E-state index in [9.17, 15) is 4.79 Å². The molecule has 1 fully saturated rings. The second-order valence-electron chi connectivity index (χ2n) is 4.66. The molecule has 1 aromatic carbocycles. The summed E-state index contributed by atoms with van der Waals surface area (Å²) in [6.45, 7) is 1.35. The van der Waals surface area contributed by atoms with Crippen LogP contribution in [0.3, 0.4) is 0 Å². The van der Waals surface area contributed by atoms with Crippen molar-refractivity contribution >= 4 is 16.9 Å². The summed E-state index contributed by atoms with van der Waals surface area (Å²) in [5.41, 5.74) is 8.18. The van der Waals surface area contributed by atoms with E-state index < -0.39 is 0 Å². The lowest BCUT2D eigenvalue weighted by atomic mass is 10.1. The number of rotatable bonds is 2. The highest BCUT2D eigenvalue weighted by atomic mass is 16.2. The van der Waals surface area contributed by atoms with Crippen molar-refractivity contribution in [3.8, 4) is 0 Å². The van der Waals surface area contributed by atoms with Gasteiger partial charge in [-0.3, -0.25) is 4.79 Å². The van der Waals surface area contributed by atoms with Gasteiger partial charge in [-0.15, -0.1) is 0 Å². The normalized spacial score (nSPS) is 19.6. The number of nitrogens with one attached hydrogen (secondary N) is 1. The number of hydrogen-bond donors (Lipinski definition) is 2. The van der Waals surface area contributed by atoms with E-state index in [0.717, 1.165) is 30.4 Å². The van der Waals surface area contributed by atoms with Gasteiger partial charge >= 0.3 is 0 Å². The molecule has 18 heavy (non-hydrogen) atoms. The average molecular weight is 244 g/mol. The van der Waals surface area contributed by atoms with Crippen LogP contribution in [0.1, 0.15) is 23.2 Å². The van der Waals surface area contributed by atoms with Gasteiger partial charge in [0.05, 0.1) is 17.4 Å². The molecule has 1 aliphatic rings. The number of carbonyl (C=O) groups is 1. The highest BCUT2D eigenvalue weighted by Crippen LogP contribution is 2.20. The molecular formula is C13H16N4O. The van der Waals surface area contributed by atoms with Crippen molar-refractivity contribution in [2.75, 3.05) is 13.1 Å². The van der Waals surface area contributed by atoms with Crippen LogP contribution in [0.4, 0.5) is 0 Å². The number of H-pyrrole nitrogens is 1. The Labute approximate surface area is 105 Å². The molecule has 5 nitrogen and oxygen atoms in total. The number of likely N-dealkylation sites (tertiary alicyclic amines) is 1. The number of hydrogen-bond acceptors (Lipinski definition) is 3. The van der Waals surface area contributed by atoms with Crippen LogP contribution in [0.5, 0.6) is 0 Å². The first-order chi connectivity index (χ1) is 8.79. The largest absolute Gasteiger partial charge is 0.345 e. The van der Waals surface area contributed by atoms with E-state index in [-0.39, 0.29) is 11.9 Å². The molecule has 3 rings (SSSR count). The zero-order chi connectivity index (χ0) is 12.5. The van der Waals surface area contributed by atoms with Crippen LogP contribution in [0.25, 0.3) is 11.0 Å². The lowest BCUT2D eigenvalue weighted by Gasteiger charge is -2.23. The maximum atomic E-state index is 12.4. The molecule has 0 aliphatic carbocycles. The quantitative estimate of drug-likeness (QED) is 0.831. The van der Waals surface area contributed by atoms with Gasteiger partial charge in [0.15, 0.2) is 0 Å². The molecule has 0 bridgehead atoms. The first kappa shape index (κ1) is 11.2. The van der Waals surface area contributed by atoms with Gasteiger partial charge in [-0.1, -0.05) is 0 Å². The lowest BCUT2D eigenvalue weighted by molar-refractivity contribution is 0.0741. The first-order valence-corrected chi connectivity index (χ1v) is 6.24. The van der Waals surface area contributed by atoms with Gasteiger partial charge < -0.3 is 15.6 Å². The molecule has 1 atom stereocenters. The summed E-state index contributed by atoms with van der Waals surface area (Å²) in [7, 11) is 0. The Hall–Kier alpha value is -1.88. The molecular weight excluding hydrogens is 228 g/mol. The van der Waals surface area contributed by atoms with Crippen molar-refractivity contribution in [3.63, 3.8) is 0 Å². The minimum atomic E-state index is 0.0689. The van der Waals surface area contributed by atoms with Crippen molar-refractivity contribution in [2.24, 2.45) is 5.73 Å². The van der Waals surface area contributed by atoms with E-state index in [1.165, 1.54) is 0 Å². The predicted molar refractivity (Wildman–Crippen MR) is 69.2 cm³/mol. The van der Waals surface area contributed by atoms with Crippen LogP contribution < -0.4 is 5.73 Å². The predicted octanol–water partition coefficient (Wildman–Crippen LogP) is 1.13. The second-order valence-corrected chi connectivity index (χ2v) is 4.66. The number of fused-ring (bicyclic) bond motifs is 1. The molecule has 0 radical (unpaired) electrons. The van der Waals surface area contributed by atoms with Crippen molar-refractivity contribution in [1.82, 2.24) is 14.9 Å². The molecule has 5 heteroatoms. The molecule has 1 unspecified atom stereocenters. The van der Waals surface area contributed by atoms with Crippen LogP contribution in [0.2, 0.25) is 0 Å². The molecule has 1 aromatic heterocycles. The van der Waals surface area contributed by atoms with Crippen LogP contribution in [-0.4, -0.2) is 39.9 Å². The smallest absolute Gasteiger partial charge is 0.254 e. The summed E-state index contributed by atoms with van der Waals surface area (Å²) in [6.07, 6.45) is 3.69. The number of amides is 1. The Balaban J connectivity index is 1.91. The molecule has 2 heterocycles. The Morgan fingerprint density at radius 1 is 1.56 bits per heavy atom. The number of carbonyl (C=O) groups excluding carboxylic acids is 1. The number of aromatic nitrogens is 2. The van der Waals surface area contributed by atoms with E-state index in [1.54, 1.807) is 6.33 Å². The van der Waals surface area contributed by atoms with Gasteiger partial charge in [0.1, 0.15) is 0 Å². The zero-order valence-electron chi connectivity index (χ0n) is 10.1. The molecule has 1 amide bonds. The Kier molecular flexibility index (Phi) is 2.76. The lowest BCUT2D eigenvalue weighted by Crippen LogP contribution is -2.39. The van der Waals surface area contributed by atoms with Crippen LogP contribution >= 0.6 is 0 Å². The Morgan fingerprint density at radius 2 is 2.44 bits per heavy atom. The van der Waals surface area contributed by atoms with Crippen molar-refractivity contribution < 1.29 is 4.79 Å². The topological polar surface area (TPSA) is 75.0 Å². The van der Waals surface area contributed by atoms with E-state index in [4.69, 9.17) is 5.73 Å². The third kappa shape index (κ3) is 1.76. The fraction of sp³-hybridized carbons (Fsp3) is 0.385. The van der Waals surface area contributed by atoms with Crippen molar-refractivity contribution in [3.05, 3.63) is 30.1 Å². The van der Waals surface area contributed by atoms with E-state index in [1.807, 2.05) is 23.1 Å². The van der Waals surface area contributed by atoms with Gasteiger partial charge in [-0.2, -0.15) is 0 Å². The van der Waals surface area contributed by atoms with E-state index >= 15 is 0 Å². The third-order valence-electron chi connectivity index (χ3n) is 3.58. The van der Waals surface area contributed by atoms with E-state index in [2.05, 4.69) is 9.97 Å². The summed E-state index contributed by atoms with van der Waals surface area (Å²) in [4.78, 5) is 21.5. The summed E-state index contributed by atoms with van der Waals surface area (Å²) in [5.74, 6) is 0.0689. The minimum absolute atomic E-state index is 0.0689. The summed E-state index contributed by atoms with van der Waals surface area (Å²) in [6, 6.07) is 5.75. The Morgan fingerprint density at radius 3 is 3.28 bits per heavy atom. The van der Waals surface area contributed by atoms with E-state index in [0.29, 0.717) is 12.1 Å². The maximum Gasteiger partial charge on any atom is 0.254 e. The fourth-order valence-electron chi connectivity index (χ4n) is 2.58. The second kappa shape index (κ2) is 4.42. The maximum absolute atomic E-state index is 12.4. The van der Waals surface area contributed by atoms with Crippen molar-refractivity contribution in [2.45, 2.75) is 18.9 Å². The summed E-state index contributed by atoms with van der Waals surface area (Å²) < 4.78 is 0. The average Bonchev–Trinajstić information content (AvgIpc) is 3.05. The zero-order valence-corrected chi connectivity index (χ0v) is 10.1. The standard InChI is InChI=1S/C13H16N4O/c14-7-10-2-1-5-17(10)13(18)9-3-4-11-12(6-9)16-8-15-11/h3-4,6,8,10H,1-2,5,7,14H2,(H,15,16). The van der Waals surface area contributed by atoms with Crippen LogP contribution in [-0.2, 0) is 0 Å². The molecule has 1 aliphatic heterocycles. The molecule has 94 valence electrons. The summed E-state index contributed by atoms with van der Waals surface area (Å²) in [5, 5.41) is 0. The van der Waals surface area contributed by atoms with Gasteiger partial charge in [0.25, 0.3) is 5.91 Å². The van der Waals surface area contributed by atoms with Crippen LogP contribution in [0.15, 0.2) is 24.5 Å². The number of benzene rings is 1. The van der Waals surface area contributed by atoms with Gasteiger partial charge in [0, 0.05) is 24.7 Å². The first-order valence-electron chi connectivity index (χ1n) is 6.24. The third-order valence-corrected chi connectivity index (χ3v) is 3.58. The molecule has 3 N–H and O–H groups in total. The fourth-order valence-corrected chi connectivity index (χ4v) is 2.58. The Bertz CT molecular complexity index is 577. The molecule has 0 spiro atoms. The highest BCUT2D eigenvalue weighted by molar-refractivity contribution is 5.97.